The molecule has 1 amide bonds. The van der Waals surface area contributed by atoms with Gasteiger partial charge in [-0.2, -0.15) is 0 Å². The van der Waals surface area contributed by atoms with E-state index in [-0.39, 0.29) is 11.2 Å². The third-order valence-corrected chi connectivity index (χ3v) is 5.89. The summed E-state index contributed by atoms with van der Waals surface area (Å²) in [6.07, 6.45) is 0. The largest absolute Gasteiger partial charge is 0.497 e. The van der Waals surface area contributed by atoms with Gasteiger partial charge in [0.15, 0.2) is 11.0 Å². The molecule has 0 aliphatic rings. The zero-order chi connectivity index (χ0) is 19.4. The van der Waals surface area contributed by atoms with Crippen LogP contribution in [0.15, 0.2) is 40.9 Å². The lowest BCUT2D eigenvalue weighted by Gasteiger charge is -2.14. The first-order valence-corrected chi connectivity index (χ1v) is 9.92. The van der Waals surface area contributed by atoms with Gasteiger partial charge in [0.1, 0.15) is 11.5 Å². The zero-order valence-electron chi connectivity index (χ0n) is 15.4. The van der Waals surface area contributed by atoms with Crippen LogP contribution in [0.25, 0.3) is 10.7 Å². The van der Waals surface area contributed by atoms with Crippen LogP contribution in [0, 0.1) is 0 Å². The van der Waals surface area contributed by atoms with Crippen molar-refractivity contribution in [1.29, 1.82) is 0 Å². The highest BCUT2D eigenvalue weighted by atomic mass is 32.2. The molecule has 9 heteroatoms. The fraction of sp³-hybridized carbons (Fsp3) is 0.278. The summed E-state index contributed by atoms with van der Waals surface area (Å²) in [6, 6.07) is 9.22. The molecule has 2 aromatic heterocycles. The summed E-state index contributed by atoms with van der Waals surface area (Å²) >= 11 is 2.95. The van der Waals surface area contributed by atoms with Crippen molar-refractivity contribution in [1.82, 2.24) is 14.8 Å². The van der Waals surface area contributed by atoms with E-state index in [9.17, 15) is 4.79 Å². The highest BCUT2D eigenvalue weighted by Gasteiger charge is 2.21. The molecule has 27 heavy (non-hydrogen) atoms. The molecule has 1 N–H and O–H groups in total. The Morgan fingerprint density at radius 1 is 1.26 bits per heavy atom. The maximum absolute atomic E-state index is 12.6. The fourth-order valence-electron chi connectivity index (χ4n) is 2.40. The first kappa shape index (κ1) is 19.2. The van der Waals surface area contributed by atoms with Gasteiger partial charge in [-0.1, -0.05) is 17.8 Å². The van der Waals surface area contributed by atoms with Gasteiger partial charge >= 0.3 is 0 Å². The van der Waals surface area contributed by atoms with Crippen LogP contribution in [0.2, 0.25) is 0 Å². The topological polar surface area (TPSA) is 78.3 Å². The molecule has 0 saturated carbocycles. The van der Waals surface area contributed by atoms with Crippen LogP contribution < -0.4 is 14.8 Å². The molecule has 1 atom stereocenters. The maximum atomic E-state index is 12.6. The molecule has 0 fully saturated rings. The molecular formula is C18H20N4O3S2. The minimum absolute atomic E-state index is 0.160. The van der Waals surface area contributed by atoms with E-state index in [1.807, 2.05) is 36.1 Å². The van der Waals surface area contributed by atoms with Crippen LogP contribution in [0.5, 0.6) is 11.5 Å². The average molecular weight is 405 g/mol. The molecule has 2 heterocycles. The Labute approximate surface area is 165 Å². The lowest BCUT2D eigenvalue weighted by molar-refractivity contribution is -0.115. The average Bonchev–Trinajstić information content (AvgIpc) is 3.32. The number of ether oxygens (including phenoxy) is 2. The minimum atomic E-state index is -0.375. The molecule has 1 unspecified atom stereocenters. The van der Waals surface area contributed by atoms with Crippen molar-refractivity contribution in [2.24, 2.45) is 7.05 Å². The van der Waals surface area contributed by atoms with E-state index in [4.69, 9.17) is 9.47 Å². The van der Waals surface area contributed by atoms with Gasteiger partial charge in [0.05, 0.1) is 30.0 Å². The van der Waals surface area contributed by atoms with Crippen molar-refractivity contribution < 1.29 is 14.3 Å². The van der Waals surface area contributed by atoms with Crippen molar-refractivity contribution in [2.45, 2.75) is 17.3 Å². The fourth-order valence-corrected chi connectivity index (χ4v) is 3.95. The first-order chi connectivity index (χ1) is 13.0. The number of thioether (sulfide) groups is 1. The Kier molecular flexibility index (Phi) is 6.02. The number of carbonyl (C=O) groups excluding carboxylic acids is 1. The SMILES string of the molecule is COc1ccc(OC)c(NC(=O)C(C)Sc2nnc(-c3cccs3)n2C)c1. The number of methoxy groups -OCH3 is 2. The van der Waals surface area contributed by atoms with Crippen molar-refractivity contribution in [2.75, 3.05) is 19.5 Å². The molecule has 0 spiro atoms. The van der Waals surface area contributed by atoms with E-state index < -0.39 is 0 Å². The summed E-state index contributed by atoms with van der Waals surface area (Å²) in [5, 5.41) is 13.6. The number of nitrogens with one attached hydrogen (secondary N) is 1. The van der Waals surface area contributed by atoms with E-state index in [0.717, 1.165) is 10.7 Å². The third-order valence-electron chi connectivity index (χ3n) is 3.89. The molecule has 142 valence electrons. The van der Waals surface area contributed by atoms with Gasteiger partial charge in [-0.3, -0.25) is 4.79 Å². The molecule has 3 rings (SSSR count). The number of thiophene rings is 1. The van der Waals surface area contributed by atoms with Gasteiger partial charge < -0.3 is 19.4 Å². The highest BCUT2D eigenvalue weighted by molar-refractivity contribution is 8.00. The Hall–Kier alpha value is -2.52. The van der Waals surface area contributed by atoms with Gasteiger partial charge in [0.25, 0.3) is 0 Å². The number of rotatable bonds is 7. The van der Waals surface area contributed by atoms with E-state index >= 15 is 0 Å². The molecule has 3 aromatic rings. The number of hydrogen-bond donors (Lipinski definition) is 1. The number of nitrogens with zero attached hydrogens (tertiary/aromatic N) is 3. The molecule has 1 aromatic carbocycles. The van der Waals surface area contributed by atoms with Crippen LogP contribution in [-0.2, 0) is 11.8 Å². The number of hydrogen-bond acceptors (Lipinski definition) is 7. The predicted octanol–water partition coefficient (Wildman–Crippen LogP) is 3.68. The van der Waals surface area contributed by atoms with Gasteiger partial charge in [-0.25, -0.2) is 0 Å². The van der Waals surface area contributed by atoms with Gasteiger partial charge in [-0.05, 0) is 30.5 Å². The van der Waals surface area contributed by atoms with Crippen LogP contribution in [0.4, 0.5) is 5.69 Å². The second-order valence-corrected chi connectivity index (χ2v) is 7.91. The molecule has 0 aliphatic heterocycles. The van der Waals surface area contributed by atoms with Crippen molar-refractivity contribution in [3.8, 4) is 22.2 Å². The smallest absolute Gasteiger partial charge is 0.237 e. The highest BCUT2D eigenvalue weighted by Crippen LogP contribution is 2.31. The van der Waals surface area contributed by atoms with E-state index in [0.29, 0.717) is 22.3 Å². The van der Waals surface area contributed by atoms with Crippen LogP contribution in [0.1, 0.15) is 6.92 Å². The summed E-state index contributed by atoms with van der Waals surface area (Å²) < 4.78 is 12.4. The second kappa shape index (κ2) is 8.45. The van der Waals surface area contributed by atoms with Crippen LogP contribution in [-0.4, -0.2) is 40.1 Å². The molecule has 0 radical (unpaired) electrons. The molecule has 7 nitrogen and oxygen atoms in total. The van der Waals surface area contributed by atoms with Crippen molar-refractivity contribution in [3.63, 3.8) is 0 Å². The Balaban J connectivity index is 1.72. The number of benzene rings is 1. The standard InChI is InChI=1S/C18H20N4O3S2/c1-11(17(23)19-13-10-12(24-3)7-8-14(13)25-4)27-18-21-20-16(22(18)2)15-6-5-9-26-15/h5-11H,1-4H3,(H,19,23). The molecule has 0 aliphatic carbocycles. The number of aromatic nitrogens is 3. The maximum Gasteiger partial charge on any atom is 0.237 e. The van der Waals surface area contributed by atoms with E-state index in [1.165, 1.54) is 11.8 Å². The quantitative estimate of drug-likeness (QED) is 0.605. The summed E-state index contributed by atoms with van der Waals surface area (Å²) in [7, 11) is 5.03. The minimum Gasteiger partial charge on any atom is -0.497 e. The van der Waals surface area contributed by atoms with E-state index in [2.05, 4.69) is 15.5 Å². The van der Waals surface area contributed by atoms with E-state index in [1.54, 1.807) is 43.8 Å². The molecular weight excluding hydrogens is 384 g/mol. The molecule has 0 saturated heterocycles. The summed E-state index contributed by atoms with van der Waals surface area (Å²) in [5.41, 5.74) is 0.562. The summed E-state index contributed by atoms with van der Waals surface area (Å²) in [5.74, 6) is 1.84. The Morgan fingerprint density at radius 3 is 2.74 bits per heavy atom. The van der Waals surface area contributed by atoms with Gasteiger partial charge in [0, 0.05) is 13.1 Å². The lowest BCUT2D eigenvalue weighted by Crippen LogP contribution is -2.23. The zero-order valence-corrected chi connectivity index (χ0v) is 17.1. The molecule has 0 bridgehead atoms. The first-order valence-electron chi connectivity index (χ1n) is 8.16. The Bertz CT molecular complexity index is 925. The van der Waals surface area contributed by atoms with Gasteiger partial charge in [0.2, 0.25) is 5.91 Å². The summed E-state index contributed by atoms with van der Waals surface area (Å²) in [6.45, 7) is 1.83. The number of anilines is 1. The van der Waals surface area contributed by atoms with Gasteiger partial charge in [-0.15, -0.1) is 21.5 Å². The van der Waals surface area contributed by atoms with Crippen LogP contribution in [0.3, 0.4) is 0 Å². The van der Waals surface area contributed by atoms with Crippen LogP contribution >= 0.6 is 23.1 Å². The normalized spacial score (nSPS) is 11.9. The van der Waals surface area contributed by atoms with Crippen molar-refractivity contribution >= 4 is 34.7 Å². The number of carbonyl (C=O) groups is 1. The monoisotopic (exact) mass is 404 g/mol. The Morgan fingerprint density at radius 2 is 2.07 bits per heavy atom. The number of amides is 1. The lowest BCUT2D eigenvalue weighted by atomic mass is 10.2. The second-order valence-electron chi connectivity index (χ2n) is 5.66. The predicted molar refractivity (Wildman–Crippen MR) is 108 cm³/mol. The summed E-state index contributed by atoms with van der Waals surface area (Å²) in [4.78, 5) is 13.7. The van der Waals surface area contributed by atoms with Crippen molar-refractivity contribution in [3.05, 3.63) is 35.7 Å². The third kappa shape index (κ3) is 4.25.